The number of ether oxygens (including phenoxy) is 1. The van der Waals surface area contributed by atoms with Crippen molar-refractivity contribution in [3.8, 4) is 0 Å². The van der Waals surface area contributed by atoms with E-state index >= 15 is 0 Å². The standard InChI is InChI=1S/C24H29NO3/c1-15-11-12-17(13-16(15)2)20-19-10-8-7-9-18(19)14-25(6)21(20)22(23(26)27)28-24(3,4)5/h7-13,22H,14H2,1-6H3,(H,26,27)/t22-/m0/s1. The van der Waals surface area contributed by atoms with Gasteiger partial charge in [-0.15, -0.1) is 0 Å². The molecule has 0 fully saturated rings. The van der Waals surface area contributed by atoms with Crippen molar-refractivity contribution in [1.29, 1.82) is 0 Å². The van der Waals surface area contributed by atoms with Crippen LogP contribution in [0.1, 0.15) is 48.6 Å². The first-order valence-electron chi connectivity index (χ1n) is 9.60. The topological polar surface area (TPSA) is 49.8 Å². The predicted octanol–water partition coefficient (Wildman–Crippen LogP) is 4.78. The van der Waals surface area contributed by atoms with Gasteiger partial charge in [0.25, 0.3) is 0 Å². The van der Waals surface area contributed by atoms with Gasteiger partial charge in [-0.05, 0) is 62.4 Å². The van der Waals surface area contributed by atoms with Crippen molar-refractivity contribution in [3.05, 3.63) is 76.0 Å². The van der Waals surface area contributed by atoms with Crippen molar-refractivity contribution in [1.82, 2.24) is 4.90 Å². The van der Waals surface area contributed by atoms with Crippen LogP contribution in [0.25, 0.3) is 5.57 Å². The molecule has 0 radical (unpaired) electrons. The number of aliphatic carboxylic acids is 1. The number of carboxylic acid groups (broad SMARTS) is 1. The fourth-order valence-electron chi connectivity index (χ4n) is 3.68. The maximum atomic E-state index is 12.2. The second-order valence-electron chi connectivity index (χ2n) is 8.52. The maximum absolute atomic E-state index is 12.2. The van der Waals surface area contributed by atoms with Crippen molar-refractivity contribution in [2.45, 2.75) is 52.9 Å². The summed E-state index contributed by atoms with van der Waals surface area (Å²) in [5, 5.41) is 10.0. The highest BCUT2D eigenvalue weighted by molar-refractivity contribution is 5.90. The molecule has 1 aliphatic rings. The number of fused-ring (bicyclic) bond motifs is 1. The molecule has 2 aromatic rings. The normalized spacial score (nSPS) is 15.4. The number of likely N-dealkylation sites (N-methyl/N-ethyl adjacent to an activating group) is 1. The van der Waals surface area contributed by atoms with E-state index in [0.717, 1.165) is 16.7 Å². The lowest BCUT2D eigenvalue weighted by atomic mass is 9.86. The summed E-state index contributed by atoms with van der Waals surface area (Å²) in [5.74, 6) is -0.975. The molecule has 0 aromatic heterocycles. The second-order valence-corrected chi connectivity index (χ2v) is 8.52. The van der Waals surface area contributed by atoms with E-state index in [1.807, 2.05) is 44.9 Å². The molecule has 0 amide bonds. The number of carbonyl (C=O) groups is 1. The van der Waals surface area contributed by atoms with Gasteiger partial charge in [-0.2, -0.15) is 0 Å². The van der Waals surface area contributed by atoms with Crippen molar-refractivity contribution in [2.24, 2.45) is 0 Å². The highest BCUT2D eigenvalue weighted by Crippen LogP contribution is 2.39. The molecule has 148 valence electrons. The molecule has 4 nitrogen and oxygen atoms in total. The van der Waals surface area contributed by atoms with E-state index in [1.165, 1.54) is 16.7 Å². The van der Waals surface area contributed by atoms with E-state index in [9.17, 15) is 9.90 Å². The predicted molar refractivity (Wildman–Crippen MR) is 112 cm³/mol. The van der Waals surface area contributed by atoms with Crippen LogP contribution in [0.5, 0.6) is 0 Å². The summed E-state index contributed by atoms with van der Waals surface area (Å²) in [6, 6.07) is 14.5. The molecule has 0 aliphatic carbocycles. The van der Waals surface area contributed by atoms with Crippen LogP contribution in [-0.4, -0.2) is 34.7 Å². The van der Waals surface area contributed by atoms with Gasteiger partial charge < -0.3 is 14.7 Å². The Morgan fingerprint density at radius 3 is 2.39 bits per heavy atom. The molecule has 28 heavy (non-hydrogen) atoms. The average Bonchev–Trinajstić information content (AvgIpc) is 2.60. The zero-order chi connectivity index (χ0) is 20.6. The number of hydrogen-bond donors (Lipinski definition) is 1. The van der Waals surface area contributed by atoms with Crippen LogP contribution >= 0.6 is 0 Å². The van der Waals surface area contributed by atoms with E-state index in [1.54, 1.807) is 0 Å². The van der Waals surface area contributed by atoms with Crippen LogP contribution in [-0.2, 0) is 16.1 Å². The first-order valence-corrected chi connectivity index (χ1v) is 9.60. The zero-order valence-corrected chi connectivity index (χ0v) is 17.5. The zero-order valence-electron chi connectivity index (χ0n) is 17.5. The Hall–Kier alpha value is -2.59. The minimum absolute atomic E-state index is 0.581. The quantitative estimate of drug-likeness (QED) is 0.831. The molecule has 0 saturated carbocycles. The Balaban J connectivity index is 2.31. The SMILES string of the molecule is Cc1ccc(C2=C([C@H](OC(C)(C)C)C(=O)O)N(C)Cc3ccccc32)cc1C. The molecule has 0 bridgehead atoms. The summed E-state index contributed by atoms with van der Waals surface area (Å²) < 4.78 is 6.03. The van der Waals surface area contributed by atoms with Crippen LogP contribution in [0.4, 0.5) is 0 Å². The molecule has 1 atom stereocenters. The molecule has 1 N–H and O–H groups in total. The third-order valence-electron chi connectivity index (χ3n) is 5.10. The van der Waals surface area contributed by atoms with Gasteiger partial charge in [0, 0.05) is 19.2 Å². The third kappa shape index (κ3) is 3.97. The maximum Gasteiger partial charge on any atom is 0.339 e. The minimum Gasteiger partial charge on any atom is -0.479 e. The van der Waals surface area contributed by atoms with Gasteiger partial charge in [-0.1, -0.05) is 42.5 Å². The summed E-state index contributed by atoms with van der Waals surface area (Å²) in [5.41, 5.74) is 6.71. The van der Waals surface area contributed by atoms with Gasteiger partial charge >= 0.3 is 5.97 Å². The summed E-state index contributed by atoms with van der Waals surface area (Å²) in [7, 11) is 1.94. The Kier molecular flexibility index (Phi) is 5.35. The van der Waals surface area contributed by atoms with Gasteiger partial charge in [0.15, 0.2) is 6.10 Å². The number of benzene rings is 2. The Bertz CT molecular complexity index is 937. The molecule has 0 saturated heterocycles. The molecular weight excluding hydrogens is 350 g/mol. The first kappa shape index (κ1) is 20.2. The number of carboxylic acids is 1. The van der Waals surface area contributed by atoms with Crippen LogP contribution in [0.15, 0.2) is 48.2 Å². The summed E-state index contributed by atoms with van der Waals surface area (Å²) >= 11 is 0. The van der Waals surface area contributed by atoms with Crippen molar-refractivity contribution < 1.29 is 14.6 Å². The smallest absolute Gasteiger partial charge is 0.339 e. The van der Waals surface area contributed by atoms with Crippen molar-refractivity contribution in [2.75, 3.05) is 7.05 Å². The highest BCUT2D eigenvalue weighted by atomic mass is 16.5. The van der Waals surface area contributed by atoms with Crippen LogP contribution in [0.3, 0.4) is 0 Å². The van der Waals surface area contributed by atoms with Crippen LogP contribution in [0, 0.1) is 13.8 Å². The molecule has 2 aromatic carbocycles. The van der Waals surface area contributed by atoms with Gasteiger partial charge in [0.05, 0.1) is 11.3 Å². The summed E-state index contributed by atoms with van der Waals surface area (Å²) in [4.78, 5) is 14.3. The third-order valence-corrected chi connectivity index (χ3v) is 5.10. The largest absolute Gasteiger partial charge is 0.479 e. The Labute approximate surface area is 167 Å². The number of nitrogens with zero attached hydrogens (tertiary/aromatic N) is 1. The van der Waals surface area contributed by atoms with E-state index < -0.39 is 17.7 Å². The van der Waals surface area contributed by atoms with Crippen molar-refractivity contribution in [3.63, 3.8) is 0 Å². The van der Waals surface area contributed by atoms with Crippen LogP contribution in [0.2, 0.25) is 0 Å². The van der Waals surface area contributed by atoms with E-state index in [4.69, 9.17) is 4.74 Å². The molecule has 0 unspecified atom stereocenters. The van der Waals surface area contributed by atoms with Crippen LogP contribution < -0.4 is 0 Å². The fraction of sp³-hybridized carbons (Fsp3) is 0.375. The van der Waals surface area contributed by atoms with E-state index in [-0.39, 0.29) is 0 Å². The number of rotatable bonds is 4. The van der Waals surface area contributed by atoms with Gasteiger partial charge in [-0.3, -0.25) is 0 Å². The van der Waals surface area contributed by atoms with Gasteiger partial charge in [-0.25, -0.2) is 4.79 Å². The Morgan fingerprint density at radius 2 is 1.79 bits per heavy atom. The molecule has 0 spiro atoms. The summed E-state index contributed by atoms with van der Waals surface area (Å²) in [6.45, 7) is 10.5. The molecule has 4 heteroatoms. The highest BCUT2D eigenvalue weighted by Gasteiger charge is 2.36. The minimum atomic E-state index is -1.05. The molecule has 3 rings (SSSR count). The number of hydrogen-bond acceptors (Lipinski definition) is 3. The molecule has 1 aliphatic heterocycles. The first-order chi connectivity index (χ1) is 13.1. The average molecular weight is 380 g/mol. The lowest BCUT2D eigenvalue weighted by Crippen LogP contribution is -2.41. The van der Waals surface area contributed by atoms with Gasteiger partial charge in [0.2, 0.25) is 0 Å². The second kappa shape index (κ2) is 7.44. The van der Waals surface area contributed by atoms with Gasteiger partial charge in [0.1, 0.15) is 0 Å². The number of aryl methyl sites for hydroxylation is 2. The molecule has 1 heterocycles. The lowest BCUT2D eigenvalue weighted by Gasteiger charge is -2.37. The fourth-order valence-corrected chi connectivity index (χ4v) is 3.68. The van der Waals surface area contributed by atoms with E-state index in [2.05, 4.69) is 44.2 Å². The van der Waals surface area contributed by atoms with E-state index in [0.29, 0.717) is 12.2 Å². The molecular formula is C24H29NO3. The monoisotopic (exact) mass is 379 g/mol. The summed E-state index contributed by atoms with van der Waals surface area (Å²) in [6.07, 6.45) is -1.05. The lowest BCUT2D eigenvalue weighted by molar-refractivity contribution is -0.157. The Morgan fingerprint density at radius 1 is 1.11 bits per heavy atom. The van der Waals surface area contributed by atoms with Crippen molar-refractivity contribution >= 4 is 11.5 Å².